The zero-order valence-electron chi connectivity index (χ0n) is 23.3. The molecule has 1 aromatic heterocycles. The molecular weight excluding hydrogens is 519 g/mol. The van der Waals surface area contributed by atoms with Gasteiger partial charge in [-0.3, -0.25) is 0 Å². The number of rotatable bonds is 3. The van der Waals surface area contributed by atoms with Crippen molar-refractivity contribution in [3.63, 3.8) is 0 Å². The SMILES string of the molecule is C[Si](C)(C)c1cccc(-n2c3ccccc3c3cc(-c4ccc5c(c4)-c4cccc(c4)CC/C=C/S5)ccc32)c1. The third-order valence-corrected chi connectivity index (χ3v) is 11.1. The van der Waals surface area contributed by atoms with Crippen molar-refractivity contribution in [3.05, 3.63) is 126 Å². The van der Waals surface area contributed by atoms with Crippen LogP contribution in [-0.4, -0.2) is 12.6 Å². The average Bonchev–Trinajstić information content (AvgIpc) is 3.30. The number of fused-ring (bicyclic) bond motifs is 7. The van der Waals surface area contributed by atoms with E-state index in [0.29, 0.717) is 0 Å². The van der Waals surface area contributed by atoms with Gasteiger partial charge >= 0.3 is 0 Å². The predicted octanol–water partition coefficient (Wildman–Crippen LogP) is 10.2. The fourth-order valence-electron chi connectivity index (χ4n) is 5.91. The van der Waals surface area contributed by atoms with Crippen molar-refractivity contribution in [1.29, 1.82) is 0 Å². The van der Waals surface area contributed by atoms with Gasteiger partial charge < -0.3 is 4.57 Å². The normalized spacial score (nSPS) is 14.3. The van der Waals surface area contributed by atoms with Crippen molar-refractivity contribution in [2.45, 2.75) is 37.4 Å². The van der Waals surface area contributed by atoms with Gasteiger partial charge in [0.05, 0.1) is 19.1 Å². The smallest absolute Gasteiger partial charge is 0.0776 e. The number of aromatic nitrogens is 1. The van der Waals surface area contributed by atoms with Gasteiger partial charge in [-0.2, -0.15) is 0 Å². The Morgan fingerprint density at radius 3 is 2.35 bits per heavy atom. The molecule has 196 valence electrons. The van der Waals surface area contributed by atoms with Gasteiger partial charge in [-0.1, -0.05) is 109 Å². The lowest BCUT2D eigenvalue weighted by Gasteiger charge is -2.18. The molecule has 0 N–H and O–H groups in total. The van der Waals surface area contributed by atoms with E-state index < -0.39 is 8.07 Å². The Hall–Kier alpha value is -3.79. The minimum absolute atomic E-state index is 1.08. The molecule has 40 heavy (non-hydrogen) atoms. The summed E-state index contributed by atoms with van der Waals surface area (Å²) < 4.78 is 2.44. The number of aryl methyl sites for hydroxylation is 1. The first-order valence-electron chi connectivity index (χ1n) is 14.2. The Labute approximate surface area is 242 Å². The van der Waals surface area contributed by atoms with Crippen LogP contribution < -0.4 is 5.19 Å². The fourth-order valence-corrected chi connectivity index (χ4v) is 7.92. The molecule has 0 saturated heterocycles. The van der Waals surface area contributed by atoms with Crippen LogP contribution >= 0.6 is 11.8 Å². The maximum atomic E-state index is 2.44. The first-order chi connectivity index (χ1) is 19.5. The highest BCUT2D eigenvalue weighted by atomic mass is 32.2. The van der Waals surface area contributed by atoms with E-state index in [0.717, 1.165) is 12.8 Å². The van der Waals surface area contributed by atoms with E-state index in [4.69, 9.17) is 0 Å². The zero-order chi connectivity index (χ0) is 27.3. The van der Waals surface area contributed by atoms with Gasteiger partial charge in [0.1, 0.15) is 0 Å². The van der Waals surface area contributed by atoms with Gasteiger partial charge in [-0.05, 0) is 88.5 Å². The number of nitrogens with zero attached hydrogens (tertiary/aromatic N) is 1. The summed E-state index contributed by atoms with van der Waals surface area (Å²) in [5, 5.41) is 6.33. The molecule has 1 aliphatic heterocycles. The second kappa shape index (κ2) is 9.99. The van der Waals surface area contributed by atoms with E-state index in [1.807, 2.05) is 11.8 Å². The van der Waals surface area contributed by atoms with Crippen LogP contribution in [0.25, 0.3) is 49.7 Å². The summed E-state index contributed by atoms with van der Waals surface area (Å²) in [5.74, 6) is 0. The van der Waals surface area contributed by atoms with Crippen molar-refractivity contribution in [3.8, 4) is 27.9 Å². The maximum Gasteiger partial charge on any atom is 0.0776 e. The first-order valence-corrected chi connectivity index (χ1v) is 18.5. The molecule has 0 spiro atoms. The van der Waals surface area contributed by atoms with E-state index in [-0.39, 0.29) is 0 Å². The zero-order valence-corrected chi connectivity index (χ0v) is 25.1. The Balaban J connectivity index is 1.40. The summed E-state index contributed by atoms with van der Waals surface area (Å²) in [6.07, 6.45) is 4.46. The second-order valence-corrected chi connectivity index (χ2v) is 17.8. The third-order valence-electron chi connectivity index (χ3n) is 8.08. The minimum Gasteiger partial charge on any atom is -0.309 e. The highest BCUT2D eigenvalue weighted by molar-refractivity contribution is 8.02. The molecule has 2 bridgehead atoms. The van der Waals surface area contributed by atoms with Gasteiger partial charge in [0.15, 0.2) is 0 Å². The van der Waals surface area contributed by atoms with Gasteiger partial charge in [0.25, 0.3) is 0 Å². The van der Waals surface area contributed by atoms with Crippen molar-refractivity contribution >= 4 is 46.8 Å². The lowest BCUT2D eigenvalue weighted by atomic mass is 9.96. The summed E-state index contributed by atoms with van der Waals surface area (Å²) >= 11 is 1.83. The number of hydrogen-bond acceptors (Lipinski definition) is 1. The third kappa shape index (κ3) is 4.53. The topological polar surface area (TPSA) is 4.93 Å². The maximum absolute atomic E-state index is 2.44. The minimum atomic E-state index is -1.43. The number of thioether (sulfide) groups is 1. The van der Waals surface area contributed by atoms with Gasteiger partial charge in [-0.15, -0.1) is 0 Å². The lowest BCUT2D eigenvalue weighted by Crippen LogP contribution is -2.37. The van der Waals surface area contributed by atoms with Crippen LogP contribution in [0.1, 0.15) is 12.0 Å². The highest BCUT2D eigenvalue weighted by Crippen LogP contribution is 2.39. The van der Waals surface area contributed by atoms with Crippen LogP contribution in [0.2, 0.25) is 19.6 Å². The molecule has 0 atom stereocenters. The van der Waals surface area contributed by atoms with Crippen molar-refractivity contribution in [1.82, 2.24) is 4.57 Å². The van der Waals surface area contributed by atoms with Gasteiger partial charge in [0, 0.05) is 21.4 Å². The molecule has 3 heteroatoms. The molecule has 0 unspecified atom stereocenters. The largest absolute Gasteiger partial charge is 0.309 e. The van der Waals surface area contributed by atoms with E-state index in [1.165, 1.54) is 65.4 Å². The highest BCUT2D eigenvalue weighted by Gasteiger charge is 2.19. The number of allylic oxidation sites excluding steroid dienone is 1. The fraction of sp³-hybridized carbons (Fsp3) is 0.135. The summed E-state index contributed by atoms with van der Waals surface area (Å²) in [4.78, 5) is 1.30. The summed E-state index contributed by atoms with van der Waals surface area (Å²) in [6.45, 7) is 7.25. The average molecular weight is 552 g/mol. The molecule has 0 amide bonds. The Morgan fingerprint density at radius 1 is 0.650 bits per heavy atom. The first kappa shape index (κ1) is 25.2. The molecular formula is C37H33NSSi. The Morgan fingerprint density at radius 2 is 1.45 bits per heavy atom. The summed E-state index contributed by atoms with van der Waals surface area (Å²) in [5.41, 5.74) is 10.3. The van der Waals surface area contributed by atoms with E-state index in [2.05, 4.69) is 145 Å². The van der Waals surface area contributed by atoms with E-state index in [9.17, 15) is 0 Å². The molecule has 2 heterocycles. The molecule has 1 nitrogen and oxygen atoms in total. The lowest BCUT2D eigenvalue weighted by molar-refractivity contribution is 1.00. The van der Waals surface area contributed by atoms with E-state index in [1.54, 1.807) is 0 Å². The monoisotopic (exact) mass is 551 g/mol. The van der Waals surface area contributed by atoms with Crippen LogP contribution in [-0.2, 0) is 6.42 Å². The Bertz CT molecular complexity index is 1920. The van der Waals surface area contributed by atoms with Gasteiger partial charge in [-0.25, -0.2) is 0 Å². The summed E-state index contributed by atoms with van der Waals surface area (Å²) in [6, 6.07) is 41.1. The van der Waals surface area contributed by atoms with Crippen LogP contribution in [0.4, 0.5) is 0 Å². The quantitative estimate of drug-likeness (QED) is 0.198. The van der Waals surface area contributed by atoms with Crippen LogP contribution in [0.5, 0.6) is 0 Å². The van der Waals surface area contributed by atoms with Crippen LogP contribution in [0.3, 0.4) is 0 Å². The van der Waals surface area contributed by atoms with Crippen molar-refractivity contribution in [2.75, 3.05) is 0 Å². The van der Waals surface area contributed by atoms with Crippen LogP contribution in [0.15, 0.2) is 126 Å². The molecule has 6 aromatic rings. The molecule has 0 fully saturated rings. The molecule has 7 rings (SSSR count). The van der Waals surface area contributed by atoms with Crippen molar-refractivity contribution in [2.24, 2.45) is 0 Å². The molecule has 1 aliphatic rings. The van der Waals surface area contributed by atoms with Crippen molar-refractivity contribution < 1.29 is 0 Å². The Kier molecular flexibility index (Phi) is 6.29. The number of benzene rings is 5. The van der Waals surface area contributed by atoms with Gasteiger partial charge in [0.2, 0.25) is 0 Å². The molecule has 0 saturated carbocycles. The number of para-hydroxylation sites is 1. The van der Waals surface area contributed by atoms with E-state index >= 15 is 0 Å². The summed E-state index contributed by atoms with van der Waals surface area (Å²) in [7, 11) is -1.43. The second-order valence-electron chi connectivity index (χ2n) is 11.8. The predicted molar refractivity (Wildman–Crippen MR) is 178 cm³/mol. The standard InChI is InChI=1S/C37H33NSSi/c1-40(2,3)31-14-9-13-30(25-31)38-35-16-5-4-15-32(35)34-24-27(17-19-36(34)38)28-18-20-37-33(23-28)29-12-8-11-26(22-29)10-6-7-21-39-37/h4-5,7-9,11-25H,6,10H2,1-3H3/b21-7+. The van der Waals surface area contributed by atoms with Crippen LogP contribution in [0, 0.1) is 0 Å². The molecule has 0 aliphatic carbocycles. The molecule has 0 radical (unpaired) electrons. The molecule has 5 aromatic carbocycles. The number of hydrogen-bond donors (Lipinski definition) is 0.